The van der Waals surface area contributed by atoms with Gasteiger partial charge in [-0.25, -0.2) is 0 Å². The highest BCUT2D eigenvalue weighted by Gasteiger charge is 2.19. The molecule has 1 rings (SSSR count). The number of nitrogens with zero attached hydrogens (tertiary/aromatic N) is 2. The minimum Gasteiger partial charge on any atom is -0.340 e. The van der Waals surface area contributed by atoms with Gasteiger partial charge in [0.05, 0.1) is 6.54 Å². The lowest BCUT2D eigenvalue weighted by Crippen LogP contribution is -2.48. The lowest BCUT2D eigenvalue weighted by molar-refractivity contribution is -0.133. The predicted molar refractivity (Wildman–Crippen MR) is 96.1 cm³/mol. The number of rotatable bonds is 6. The van der Waals surface area contributed by atoms with E-state index in [9.17, 15) is 9.59 Å². The zero-order valence-corrected chi connectivity index (χ0v) is 15.7. The number of hydrogen-bond acceptors (Lipinski definition) is 3. The smallest absolute Gasteiger partial charge is 0.222 e. The van der Waals surface area contributed by atoms with Gasteiger partial charge < -0.3 is 9.69 Å². The van der Waals surface area contributed by atoms with Crippen molar-refractivity contribution in [2.45, 2.75) is 60.3 Å². The molecule has 0 aromatic carbocycles. The minimum absolute atomic E-state index is 0.207. The van der Waals surface area contributed by atoms with Gasteiger partial charge in [-0.2, -0.15) is 0 Å². The van der Waals surface area contributed by atoms with Crippen molar-refractivity contribution >= 4 is 11.7 Å². The molecule has 1 aliphatic heterocycles. The third kappa shape index (κ3) is 10.9. The summed E-state index contributed by atoms with van der Waals surface area (Å²) in [7, 11) is 0. The van der Waals surface area contributed by atoms with Gasteiger partial charge in [-0.3, -0.25) is 9.69 Å². The number of carbonyl (C=O) groups is 2. The average molecular weight is 322 g/mol. The molecule has 0 saturated carbocycles. The largest absolute Gasteiger partial charge is 0.340 e. The summed E-state index contributed by atoms with van der Waals surface area (Å²) in [5.41, 5.74) is 0. The number of ketones is 1. The first kappa shape index (κ1) is 21.7. The van der Waals surface area contributed by atoms with E-state index in [0.29, 0.717) is 18.8 Å². The molecule has 1 saturated heterocycles. The highest BCUT2D eigenvalue weighted by Crippen LogP contribution is 2.07. The van der Waals surface area contributed by atoms with Crippen molar-refractivity contribution in [2.75, 3.05) is 32.7 Å². The van der Waals surface area contributed by atoms with E-state index in [2.05, 4.69) is 30.6 Å². The third-order valence-electron chi connectivity index (χ3n) is 3.59. The van der Waals surface area contributed by atoms with Crippen LogP contribution in [0.5, 0.6) is 0 Å². The quantitative estimate of drug-likeness (QED) is 0.557. The highest BCUT2D eigenvalue weighted by atomic mass is 16.2. The second kappa shape index (κ2) is 13.1. The van der Waals surface area contributed by atoms with Crippen LogP contribution in [0.3, 0.4) is 0 Å². The molecule has 0 radical (unpaired) electrons. The first-order valence-corrected chi connectivity index (χ1v) is 8.97. The van der Waals surface area contributed by atoms with E-state index >= 15 is 0 Å². The Bertz CT molecular complexity index is 399. The van der Waals surface area contributed by atoms with Crippen LogP contribution < -0.4 is 0 Å². The fourth-order valence-electron chi connectivity index (χ4n) is 2.33. The molecule has 0 atom stereocenters. The summed E-state index contributed by atoms with van der Waals surface area (Å²) in [4.78, 5) is 27.1. The van der Waals surface area contributed by atoms with Gasteiger partial charge >= 0.3 is 0 Å². The van der Waals surface area contributed by atoms with Crippen LogP contribution in [-0.4, -0.2) is 54.2 Å². The van der Waals surface area contributed by atoms with Gasteiger partial charge in [0.25, 0.3) is 0 Å². The Kier molecular flexibility index (Phi) is 12.4. The second-order valence-electron chi connectivity index (χ2n) is 6.04. The normalized spacial score (nSPS) is 14.6. The van der Waals surface area contributed by atoms with Gasteiger partial charge in [-0.15, -0.1) is 0 Å². The highest BCUT2D eigenvalue weighted by molar-refractivity contribution is 5.77. The Morgan fingerprint density at radius 2 is 1.57 bits per heavy atom. The molecule has 0 unspecified atom stereocenters. The Hall–Kier alpha value is -1.34. The van der Waals surface area contributed by atoms with Crippen molar-refractivity contribution in [3.8, 4) is 11.8 Å². The van der Waals surface area contributed by atoms with Crippen LogP contribution >= 0.6 is 0 Å². The van der Waals surface area contributed by atoms with Crippen LogP contribution in [-0.2, 0) is 9.59 Å². The SMILES string of the molecule is CC.CC(=O)CCCCC(=O)N1CCN(CC#CC(C)C)CC1. The Morgan fingerprint density at radius 1 is 1.00 bits per heavy atom. The van der Waals surface area contributed by atoms with E-state index in [-0.39, 0.29) is 11.7 Å². The number of unbranched alkanes of at least 4 members (excludes halogenated alkanes) is 1. The fraction of sp³-hybridized carbons (Fsp3) is 0.789. The molecule has 0 N–H and O–H groups in total. The van der Waals surface area contributed by atoms with E-state index in [0.717, 1.165) is 45.6 Å². The molecule has 0 spiro atoms. The zero-order chi connectivity index (χ0) is 17.7. The van der Waals surface area contributed by atoms with Crippen molar-refractivity contribution < 1.29 is 9.59 Å². The fourth-order valence-corrected chi connectivity index (χ4v) is 2.33. The van der Waals surface area contributed by atoms with Crippen LogP contribution in [0.15, 0.2) is 0 Å². The Morgan fingerprint density at radius 3 is 2.09 bits per heavy atom. The van der Waals surface area contributed by atoms with E-state index in [4.69, 9.17) is 0 Å². The Labute approximate surface area is 142 Å². The van der Waals surface area contributed by atoms with Gasteiger partial charge in [0.2, 0.25) is 5.91 Å². The molecule has 0 bridgehead atoms. The molecule has 132 valence electrons. The summed E-state index contributed by atoms with van der Waals surface area (Å²) in [6, 6.07) is 0. The van der Waals surface area contributed by atoms with Gasteiger partial charge in [0.15, 0.2) is 0 Å². The maximum Gasteiger partial charge on any atom is 0.222 e. The van der Waals surface area contributed by atoms with Crippen molar-refractivity contribution in [3.63, 3.8) is 0 Å². The lowest BCUT2D eigenvalue weighted by atomic mass is 10.1. The zero-order valence-electron chi connectivity index (χ0n) is 15.7. The van der Waals surface area contributed by atoms with Gasteiger partial charge in [0, 0.05) is 44.9 Å². The van der Waals surface area contributed by atoms with Gasteiger partial charge in [-0.05, 0) is 19.8 Å². The second-order valence-corrected chi connectivity index (χ2v) is 6.04. The van der Waals surface area contributed by atoms with Crippen LogP contribution in [0.2, 0.25) is 0 Å². The van der Waals surface area contributed by atoms with Crippen LogP contribution in [0.25, 0.3) is 0 Å². The summed E-state index contributed by atoms with van der Waals surface area (Å²) >= 11 is 0. The average Bonchev–Trinajstić information content (AvgIpc) is 2.53. The van der Waals surface area contributed by atoms with Crippen molar-refractivity contribution in [1.82, 2.24) is 9.80 Å². The molecular weight excluding hydrogens is 288 g/mol. The van der Waals surface area contributed by atoms with E-state index < -0.39 is 0 Å². The Balaban J connectivity index is 0.00000232. The first-order valence-electron chi connectivity index (χ1n) is 8.97. The molecule has 4 nitrogen and oxygen atoms in total. The molecule has 1 heterocycles. The summed E-state index contributed by atoms with van der Waals surface area (Å²) in [5.74, 6) is 7.22. The summed E-state index contributed by atoms with van der Waals surface area (Å²) < 4.78 is 0. The van der Waals surface area contributed by atoms with Crippen molar-refractivity contribution in [2.24, 2.45) is 5.92 Å². The third-order valence-corrected chi connectivity index (χ3v) is 3.59. The maximum absolute atomic E-state index is 12.0. The monoisotopic (exact) mass is 322 g/mol. The first-order chi connectivity index (χ1) is 11.0. The molecule has 1 amide bonds. The molecular formula is C19H34N2O2. The molecule has 0 aromatic rings. The molecule has 0 aliphatic carbocycles. The van der Waals surface area contributed by atoms with E-state index in [1.54, 1.807) is 6.92 Å². The lowest BCUT2D eigenvalue weighted by Gasteiger charge is -2.33. The molecule has 4 heteroatoms. The number of Topliss-reactive ketones (excluding diaryl/α,β-unsaturated/α-hetero) is 1. The van der Waals surface area contributed by atoms with Crippen LogP contribution in [0, 0.1) is 17.8 Å². The van der Waals surface area contributed by atoms with Crippen LogP contribution in [0.4, 0.5) is 0 Å². The van der Waals surface area contributed by atoms with Gasteiger partial charge in [0.1, 0.15) is 5.78 Å². The summed E-state index contributed by atoms with van der Waals surface area (Å²) in [6.45, 7) is 14.0. The van der Waals surface area contributed by atoms with E-state index in [1.807, 2.05) is 18.7 Å². The predicted octanol–water partition coefficient (Wildman–Crippen LogP) is 2.97. The number of amides is 1. The standard InChI is InChI=1S/C17H28N2O2.C2H6/c1-15(2)7-6-10-18-11-13-19(14-12-18)17(21)9-5-4-8-16(3)20;1-2/h15H,4-5,8-14H2,1-3H3;1-2H3. The maximum atomic E-state index is 12.0. The summed E-state index contributed by atoms with van der Waals surface area (Å²) in [5, 5.41) is 0. The van der Waals surface area contributed by atoms with Crippen molar-refractivity contribution in [3.05, 3.63) is 0 Å². The topological polar surface area (TPSA) is 40.6 Å². The van der Waals surface area contributed by atoms with E-state index in [1.165, 1.54) is 0 Å². The van der Waals surface area contributed by atoms with Crippen molar-refractivity contribution in [1.29, 1.82) is 0 Å². The molecule has 1 aliphatic rings. The van der Waals surface area contributed by atoms with Gasteiger partial charge in [-0.1, -0.05) is 39.5 Å². The molecule has 0 aromatic heterocycles. The number of hydrogen-bond donors (Lipinski definition) is 0. The van der Waals surface area contributed by atoms with Crippen LogP contribution in [0.1, 0.15) is 60.3 Å². The number of piperazine rings is 1. The number of carbonyl (C=O) groups excluding carboxylic acids is 2. The summed E-state index contributed by atoms with van der Waals surface area (Å²) in [6.07, 6.45) is 2.81. The molecule has 23 heavy (non-hydrogen) atoms. The minimum atomic E-state index is 0.207. The molecule has 1 fully saturated rings.